The fourth-order valence-corrected chi connectivity index (χ4v) is 6.93. The summed E-state index contributed by atoms with van der Waals surface area (Å²) in [6.45, 7) is 1.31. The SMILES string of the molecule is CC(=O)O[C@@]12CC3CC(C[C@@](Cl)(C3)C1)[C@@H]2[C@@H](NC(=O)C(F)(F)F)c1ccccc1. The average Bonchev–Trinajstić information content (AvgIpc) is 2.57. The van der Waals surface area contributed by atoms with Gasteiger partial charge in [0.1, 0.15) is 5.60 Å². The second kappa shape index (κ2) is 6.89. The van der Waals surface area contributed by atoms with Crippen molar-refractivity contribution < 1.29 is 27.5 Å². The van der Waals surface area contributed by atoms with Crippen molar-refractivity contribution in [1.29, 1.82) is 0 Å². The number of alkyl halides is 4. The van der Waals surface area contributed by atoms with Crippen molar-refractivity contribution >= 4 is 23.5 Å². The first kappa shape index (κ1) is 20.5. The summed E-state index contributed by atoms with van der Waals surface area (Å²) in [5.74, 6) is -2.70. The van der Waals surface area contributed by atoms with Crippen molar-refractivity contribution in [2.75, 3.05) is 0 Å². The van der Waals surface area contributed by atoms with Gasteiger partial charge in [-0.3, -0.25) is 9.59 Å². The molecule has 4 bridgehead atoms. The Bertz CT molecular complexity index is 817. The lowest BCUT2D eigenvalue weighted by atomic mass is 9.47. The minimum atomic E-state index is -5.00. The van der Waals surface area contributed by atoms with E-state index in [2.05, 4.69) is 5.32 Å². The van der Waals surface area contributed by atoms with Crippen LogP contribution in [0.2, 0.25) is 0 Å². The first-order chi connectivity index (χ1) is 13.5. The number of benzene rings is 1. The van der Waals surface area contributed by atoms with Crippen molar-refractivity contribution in [3.05, 3.63) is 35.9 Å². The number of amides is 1. The molecule has 4 nitrogen and oxygen atoms in total. The molecule has 4 fully saturated rings. The summed E-state index contributed by atoms with van der Waals surface area (Å²) in [5, 5.41) is 2.21. The largest absolute Gasteiger partial charge is 0.471 e. The number of rotatable bonds is 4. The van der Waals surface area contributed by atoms with Gasteiger partial charge in [-0.25, -0.2) is 0 Å². The van der Waals surface area contributed by atoms with E-state index in [4.69, 9.17) is 16.3 Å². The summed E-state index contributed by atoms with van der Waals surface area (Å²) in [6.07, 6.45) is -1.76. The van der Waals surface area contributed by atoms with E-state index >= 15 is 0 Å². The molecular weight excluding hydrogens is 407 g/mol. The highest BCUT2D eigenvalue weighted by atomic mass is 35.5. The second-order valence-electron chi connectivity index (χ2n) is 8.85. The molecule has 29 heavy (non-hydrogen) atoms. The van der Waals surface area contributed by atoms with Crippen LogP contribution in [0.3, 0.4) is 0 Å². The summed E-state index contributed by atoms with van der Waals surface area (Å²) >= 11 is 6.84. The average molecular weight is 430 g/mol. The number of carbonyl (C=O) groups is 2. The molecular formula is C21H23ClF3NO3. The number of halogens is 4. The van der Waals surface area contributed by atoms with Crippen LogP contribution in [0.4, 0.5) is 13.2 Å². The maximum atomic E-state index is 13.1. The van der Waals surface area contributed by atoms with Gasteiger partial charge in [-0.15, -0.1) is 11.6 Å². The highest BCUT2D eigenvalue weighted by Gasteiger charge is 2.66. The number of esters is 1. The highest BCUT2D eigenvalue weighted by molar-refractivity contribution is 6.24. The number of carbonyl (C=O) groups excluding carboxylic acids is 2. The van der Waals surface area contributed by atoms with Gasteiger partial charge in [-0.1, -0.05) is 30.3 Å². The number of hydrogen-bond donors (Lipinski definition) is 1. The van der Waals surface area contributed by atoms with Crippen LogP contribution < -0.4 is 5.32 Å². The van der Waals surface area contributed by atoms with Gasteiger partial charge in [0.05, 0.1) is 6.04 Å². The molecule has 4 aliphatic carbocycles. The van der Waals surface area contributed by atoms with Crippen molar-refractivity contribution in [2.24, 2.45) is 17.8 Å². The standard InChI is InChI=1S/C21H23ClF3NO3/c1-12(27)29-20-9-13-7-15(10-19(22,8-13)11-20)16(20)17(14-5-3-2-4-6-14)26-18(28)21(23,24)25/h2-6,13,15-17H,7-11H2,1H3,(H,26,28)/t13?,15?,16-,17+,19+,20+/m1/s1. The molecule has 0 heterocycles. The van der Waals surface area contributed by atoms with Crippen molar-refractivity contribution in [3.8, 4) is 0 Å². The maximum absolute atomic E-state index is 13.1. The third-order valence-electron chi connectivity index (χ3n) is 6.69. The van der Waals surface area contributed by atoms with E-state index < -0.39 is 40.5 Å². The van der Waals surface area contributed by atoms with Crippen LogP contribution >= 0.6 is 11.6 Å². The lowest BCUT2D eigenvalue weighted by Crippen LogP contribution is -2.66. The Kier molecular flexibility index (Phi) is 4.88. The molecule has 0 aliphatic heterocycles. The van der Waals surface area contributed by atoms with Crippen LogP contribution in [-0.4, -0.2) is 28.5 Å². The van der Waals surface area contributed by atoms with E-state index in [0.29, 0.717) is 24.8 Å². The quantitative estimate of drug-likeness (QED) is 0.565. The van der Waals surface area contributed by atoms with Crippen LogP contribution in [0.15, 0.2) is 30.3 Å². The first-order valence-electron chi connectivity index (χ1n) is 9.82. The molecule has 1 N–H and O–H groups in total. The molecule has 0 spiro atoms. The van der Waals surface area contributed by atoms with Crippen LogP contribution in [-0.2, 0) is 14.3 Å². The Morgan fingerprint density at radius 2 is 1.90 bits per heavy atom. The van der Waals surface area contributed by atoms with Gasteiger partial charge in [-0.2, -0.15) is 13.2 Å². The van der Waals surface area contributed by atoms with Crippen molar-refractivity contribution in [1.82, 2.24) is 5.32 Å². The lowest BCUT2D eigenvalue weighted by Gasteiger charge is -2.64. The molecule has 4 aliphatic rings. The Hall–Kier alpha value is -1.76. The zero-order valence-corrected chi connectivity index (χ0v) is 16.7. The smallest absolute Gasteiger partial charge is 0.459 e. The summed E-state index contributed by atoms with van der Waals surface area (Å²) in [5.41, 5.74) is -0.408. The van der Waals surface area contributed by atoms with Gasteiger partial charge in [-0.05, 0) is 43.1 Å². The van der Waals surface area contributed by atoms with E-state index in [9.17, 15) is 22.8 Å². The van der Waals surface area contributed by atoms with Gasteiger partial charge < -0.3 is 10.1 Å². The first-order valence-corrected chi connectivity index (χ1v) is 10.2. The van der Waals surface area contributed by atoms with E-state index in [1.165, 1.54) is 6.92 Å². The fraction of sp³-hybridized carbons (Fsp3) is 0.619. The topological polar surface area (TPSA) is 55.4 Å². The zero-order valence-electron chi connectivity index (χ0n) is 16.0. The van der Waals surface area contributed by atoms with Gasteiger partial charge >= 0.3 is 18.1 Å². The Balaban J connectivity index is 1.78. The van der Waals surface area contributed by atoms with E-state index in [-0.39, 0.29) is 11.8 Å². The molecule has 1 amide bonds. The molecule has 1 aromatic carbocycles. The lowest BCUT2D eigenvalue weighted by molar-refractivity contribution is -0.210. The number of nitrogens with one attached hydrogen (secondary N) is 1. The van der Waals surface area contributed by atoms with E-state index in [1.54, 1.807) is 30.3 Å². The second-order valence-corrected chi connectivity index (χ2v) is 9.65. The molecule has 6 atom stereocenters. The van der Waals surface area contributed by atoms with Crippen molar-refractivity contribution in [2.45, 2.75) is 61.7 Å². The van der Waals surface area contributed by atoms with Crippen LogP contribution in [0, 0.1) is 17.8 Å². The van der Waals surface area contributed by atoms with Gasteiger partial charge in [0.25, 0.3) is 0 Å². The number of ether oxygens (including phenoxy) is 1. The third kappa shape index (κ3) is 3.74. The normalized spacial score (nSPS) is 36.5. The van der Waals surface area contributed by atoms with Crippen LogP contribution in [0.1, 0.15) is 50.6 Å². The summed E-state index contributed by atoms with van der Waals surface area (Å²) < 4.78 is 45.1. The molecule has 5 rings (SSSR count). The fourth-order valence-electron chi connectivity index (χ4n) is 6.29. The van der Waals surface area contributed by atoms with E-state index in [0.717, 1.165) is 12.8 Å². The van der Waals surface area contributed by atoms with Gasteiger partial charge in [0.15, 0.2) is 0 Å². The monoisotopic (exact) mass is 429 g/mol. The molecule has 158 valence electrons. The molecule has 1 aromatic rings. The molecule has 2 unspecified atom stereocenters. The van der Waals surface area contributed by atoms with Crippen LogP contribution in [0.5, 0.6) is 0 Å². The molecule has 0 radical (unpaired) electrons. The number of hydrogen-bond acceptors (Lipinski definition) is 3. The molecule has 0 saturated heterocycles. The Morgan fingerprint density at radius 3 is 2.48 bits per heavy atom. The third-order valence-corrected chi connectivity index (χ3v) is 7.14. The Labute approximate surface area is 172 Å². The minimum absolute atomic E-state index is 0.0353. The minimum Gasteiger partial charge on any atom is -0.459 e. The molecule has 4 saturated carbocycles. The predicted octanol–water partition coefficient (Wildman–Crippen LogP) is 4.53. The van der Waals surface area contributed by atoms with Gasteiger partial charge in [0, 0.05) is 24.1 Å². The summed E-state index contributed by atoms with van der Waals surface area (Å²) in [7, 11) is 0. The maximum Gasteiger partial charge on any atom is 0.471 e. The molecule has 0 aromatic heterocycles. The highest BCUT2D eigenvalue weighted by Crippen LogP contribution is 2.65. The zero-order chi connectivity index (χ0) is 21.0. The van der Waals surface area contributed by atoms with Crippen molar-refractivity contribution in [3.63, 3.8) is 0 Å². The molecule has 8 heteroatoms. The van der Waals surface area contributed by atoms with Gasteiger partial charge in [0.2, 0.25) is 0 Å². The summed E-state index contributed by atoms with van der Waals surface area (Å²) in [6, 6.07) is 7.68. The predicted molar refractivity (Wildman–Crippen MR) is 100 cm³/mol. The Morgan fingerprint density at radius 1 is 1.21 bits per heavy atom. The summed E-state index contributed by atoms with van der Waals surface area (Å²) in [4.78, 5) is 23.4. The van der Waals surface area contributed by atoms with Crippen LogP contribution in [0.25, 0.3) is 0 Å². The van der Waals surface area contributed by atoms with E-state index in [1.807, 2.05) is 0 Å².